The first-order chi connectivity index (χ1) is 6.20. The number of rotatable bonds is 4. The first-order valence-electron chi connectivity index (χ1n) is 5.62. The van der Waals surface area contributed by atoms with Crippen LogP contribution in [-0.4, -0.2) is 17.3 Å². The predicted octanol–water partition coefficient (Wildman–Crippen LogP) is 2.06. The highest BCUT2D eigenvalue weighted by Crippen LogP contribution is 2.31. The Balaban J connectivity index is 2.35. The van der Waals surface area contributed by atoms with Crippen molar-refractivity contribution in [2.75, 3.05) is 6.54 Å². The molecule has 0 heterocycles. The van der Waals surface area contributed by atoms with E-state index in [0.717, 1.165) is 18.8 Å². The maximum Gasteiger partial charge on any atom is 0.0769 e. The van der Waals surface area contributed by atoms with Crippen LogP contribution in [-0.2, 0) is 0 Å². The first kappa shape index (κ1) is 11.0. The standard InChI is InChI=1S/C11H23NO/c1-2-11(13,9-12)8-10-6-4-3-5-7-10/h10,13H,2-9,12H2,1H3. The summed E-state index contributed by atoms with van der Waals surface area (Å²) < 4.78 is 0. The molecule has 0 spiro atoms. The Labute approximate surface area is 81.5 Å². The summed E-state index contributed by atoms with van der Waals surface area (Å²) in [5.74, 6) is 0.724. The van der Waals surface area contributed by atoms with Crippen LogP contribution in [0, 0.1) is 5.92 Å². The van der Waals surface area contributed by atoms with Crippen molar-refractivity contribution in [3.8, 4) is 0 Å². The third-order valence-electron chi connectivity index (χ3n) is 3.43. The van der Waals surface area contributed by atoms with Crippen LogP contribution < -0.4 is 5.73 Å². The van der Waals surface area contributed by atoms with Gasteiger partial charge in [-0.3, -0.25) is 0 Å². The molecule has 1 saturated carbocycles. The maximum atomic E-state index is 10.1. The second-order valence-corrected chi connectivity index (χ2v) is 4.49. The van der Waals surface area contributed by atoms with E-state index in [1.165, 1.54) is 32.1 Å². The van der Waals surface area contributed by atoms with E-state index in [-0.39, 0.29) is 0 Å². The Morgan fingerprint density at radius 2 is 1.92 bits per heavy atom. The van der Waals surface area contributed by atoms with Gasteiger partial charge in [0.15, 0.2) is 0 Å². The highest BCUT2D eigenvalue weighted by molar-refractivity contribution is 4.82. The van der Waals surface area contributed by atoms with Crippen LogP contribution in [0.25, 0.3) is 0 Å². The lowest BCUT2D eigenvalue weighted by Gasteiger charge is -2.31. The van der Waals surface area contributed by atoms with E-state index >= 15 is 0 Å². The summed E-state index contributed by atoms with van der Waals surface area (Å²) in [6.07, 6.45) is 8.36. The summed E-state index contributed by atoms with van der Waals surface area (Å²) in [4.78, 5) is 0. The number of hydrogen-bond donors (Lipinski definition) is 2. The minimum Gasteiger partial charge on any atom is -0.389 e. The van der Waals surface area contributed by atoms with Crippen LogP contribution in [0.15, 0.2) is 0 Å². The zero-order valence-corrected chi connectivity index (χ0v) is 8.76. The van der Waals surface area contributed by atoms with Crippen molar-refractivity contribution < 1.29 is 5.11 Å². The Kier molecular flexibility index (Phi) is 4.20. The molecule has 2 nitrogen and oxygen atoms in total. The van der Waals surface area contributed by atoms with Crippen LogP contribution >= 0.6 is 0 Å². The lowest BCUT2D eigenvalue weighted by atomic mass is 9.80. The molecule has 0 aromatic carbocycles. The van der Waals surface area contributed by atoms with Gasteiger partial charge in [-0.05, 0) is 18.8 Å². The van der Waals surface area contributed by atoms with Crippen molar-refractivity contribution in [2.45, 2.75) is 57.5 Å². The van der Waals surface area contributed by atoms with Gasteiger partial charge < -0.3 is 10.8 Å². The average molecular weight is 185 g/mol. The van der Waals surface area contributed by atoms with Crippen LogP contribution in [0.3, 0.4) is 0 Å². The average Bonchev–Trinajstić information content (AvgIpc) is 2.19. The molecule has 0 saturated heterocycles. The first-order valence-corrected chi connectivity index (χ1v) is 5.62. The van der Waals surface area contributed by atoms with Crippen LogP contribution in [0.5, 0.6) is 0 Å². The van der Waals surface area contributed by atoms with Crippen molar-refractivity contribution in [1.29, 1.82) is 0 Å². The highest BCUT2D eigenvalue weighted by atomic mass is 16.3. The molecule has 1 atom stereocenters. The van der Waals surface area contributed by atoms with Crippen molar-refractivity contribution >= 4 is 0 Å². The van der Waals surface area contributed by atoms with Gasteiger partial charge in [-0.25, -0.2) is 0 Å². The van der Waals surface area contributed by atoms with E-state index < -0.39 is 5.60 Å². The molecule has 13 heavy (non-hydrogen) atoms. The Morgan fingerprint density at radius 1 is 1.31 bits per heavy atom. The zero-order chi connectivity index (χ0) is 9.73. The molecule has 0 aromatic heterocycles. The van der Waals surface area contributed by atoms with Crippen LogP contribution in [0.2, 0.25) is 0 Å². The molecule has 0 amide bonds. The molecule has 0 aliphatic heterocycles. The Hall–Kier alpha value is -0.0800. The molecular weight excluding hydrogens is 162 g/mol. The van der Waals surface area contributed by atoms with E-state index in [9.17, 15) is 5.11 Å². The molecule has 3 N–H and O–H groups in total. The van der Waals surface area contributed by atoms with Gasteiger partial charge in [-0.15, -0.1) is 0 Å². The highest BCUT2D eigenvalue weighted by Gasteiger charge is 2.27. The van der Waals surface area contributed by atoms with Gasteiger partial charge in [0.1, 0.15) is 0 Å². The maximum absolute atomic E-state index is 10.1. The van der Waals surface area contributed by atoms with Gasteiger partial charge in [0.2, 0.25) is 0 Å². The van der Waals surface area contributed by atoms with Crippen molar-refractivity contribution in [1.82, 2.24) is 0 Å². The molecule has 1 aliphatic carbocycles. The van der Waals surface area contributed by atoms with Crippen LogP contribution in [0.4, 0.5) is 0 Å². The Morgan fingerprint density at radius 3 is 2.38 bits per heavy atom. The van der Waals surface area contributed by atoms with E-state index in [1.807, 2.05) is 6.92 Å². The van der Waals surface area contributed by atoms with Gasteiger partial charge in [-0.2, -0.15) is 0 Å². The zero-order valence-electron chi connectivity index (χ0n) is 8.76. The lowest BCUT2D eigenvalue weighted by molar-refractivity contribution is 0.0146. The molecule has 78 valence electrons. The molecule has 1 aliphatic rings. The van der Waals surface area contributed by atoms with E-state index in [2.05, 4.69) is 0 Å². The summed E-state index contributed by atoms with van der Waals surface area (Å²) in [6, 6.07) is 0. The SMILES string of the molecule is CCC(O)(CN)CC1CCCCC1. The lowest BCUT2D eigenvalue weighted by Crippen LogP contribution is -2.39. The third kappa shape index (κ3) is 3.28. The number of aliphatic hydroxyl groups is 1. The van der Waals surface area contributed by atoms with Gasteiger partial charge in [0.05, 0.1) is 5.60 Å². The monoisotopic (exact) mass is 185 g/mol. The summed E-state index contributed by atoms with van der Waals surface area (Å²) >= 11 is 0. The molecule has 1 rings (SSSR count). The summed E-state index contributed by atoms with van der Waals surface area (Å²) in [5, 5.41) is 10.1. The topological polar surface area (TPSA) is 46.2 Å². The van der Waals surface area contributed by atoms with E-state index in [1.54, 1.807) is 0 Å². The quantitative estimate of drug-likeness (QED) is 0.704. The molecule has 2 heteroatoms. The van der Waals surface area contributed by atoms with Crippen molar-refractivity contribution in [2.24, 2.45) is 11.7 Å². The summed E-state index contributed by atoms with van der Waals surface area (Å²) in [5.41, 5.74) is 5.00. The second-order valence-electron chi connectivity index (χ2n) is 4.49. The molecule has 1 fully saturated rings. The van der Waals surface area contributed by atoms with Gasteiger partial charge in [-0.1, -0.05) is 39.0 Å². The summed E-state index contributed by atoms with van der Waals surface area (Å²) in [6.45, 7) is 2.44. The molecule has 0 aromatic rings. The molecule has 0 radical (unpaired) electrons. The van der Waals surface area contributed by atoms with Gasteiger partial charge in [0.25, 0.3) is 0 Å². The van der Waals surface area contributed by atoms with Gasteiger partial charge in [0, 0.05) is 6.54 Å². The Bertz CT molecular complexity index is 137. The minimum atomic E-state index is -0.581. The smallest absolute Gasteiger partial charge is 0.0769 e. The van der Waals surface area contributed by atoms with E-state index in [4.69, 9.17) is 5.73 Å². The van der Waals surface area contributed by atoms with Crippen molar-refractivity contribution in [3.05, 3.63) is 0 Å². The number of hydrogen-bond acceptors (Lipinski definition) is 2. The summed E-state index contributed by atoms with van der Waals surface area (Å²) in [7, 11) is 0. The van der Waals surface area contributed by atoms with E-state index in [0.29, 0.717) is 6.54 Å². The molecule has 0 bridgehead atoms. The molecular formula is C11H23NO. The fourth-order valence-corrected chi connectivity index (χ4v) is 2.30. The third-order valence-corrected chi connectivity index (χ3v) is 3.43. The number of nitrogens with two attached hydrogens (primary N) is 1. The fourth-order valence-electron chi connectivity index (χ4n) is 2.30. The van der Waals surface area contributed by atoms with Crippen molar-refractivity contribution in [3.63, 3.8) is 0 Å². The van der Waals surface area contributed by atoms with Crippen LogP contribution in [0.1, 0.15) is 51.9 Å². The molecule has 1 unspecified atom stereocenters. The largest absolute Gasteiger partial charge is 0.389 e. The predicted molar refractivity (Wildman–Crippen MR) is 55.5 cm³/mol. The normalized spacial score (nSPS) is 24.2. The van der Waals surface area contributed by atoms with Gasteiger partial charge >= 0.3 is 0 Å². The fraction of sp³-hybridized carbons (Fsp3) is 1.00. The minimum absolute atomic E-state index is 0.417. The second kappa shape index (κ2) is 4.97.